The van der Waals surface area contributed by atoms with Crippen LogP contribution < -0.4 is 5.32 Å². The van der Waals surface area contributed by atoms with Gasteiger partial charge in [0, 0.05) is 30.8 Å². The van der Waals surface area contributed by atoms with E-state index < -0.39 is 0 Å². The summed E-state index contributed by atoms with van der Waals surface area (Å²) in [5, 5.41) is 9.73. The van der Waals surface area contributed by atoms with Crippen LogP contribution in [0.2, 0.25) is 0 Å². The summed E-state index contributed by atoms with van der Waals surface area (Å²) in [6, 6.07) is 0. The zero-order valence-corrected chi connectivity index (χ0v) is 11.9. The lowest BCUT2D eigenvalue weighted by Crippen LogP contribution is -2.30. The normalized spacial score (nSPS) is 22.4. The van der Waals surface area contributed by atoms with E-state index in [4.69, 9.17) is 0 Å². The Balaban J connectivity index is 1.60. The highest BCUT2D eigenvalue weighted by Crippen LogP contribution is 2.32. The number of aromatic amines is 1. The lowest BCUT2D eigenvalue weighted by molar-refractivity contribution is -0.128. The fraction of sp³-hybridized carbons (Fsp3) is 0.643. The van der Waals surface area contributed by atoms with Crippen molar-refractivity contribution in [3.05, 3.63) is 11.3 Å². The summed E-state index contributed by atoms with van der Waals surface area (Å²) in [5.41, 5.74) is 1.88. The van der Waals surface area contributed by atoms with Crippen molar-refractivity contribution in [1.29, 1.82) is 0 Å². The van der Waals surface area contributed by atoms with Crippen molar-refractivity contribution in [2.24, 2.45) is 11.8 Å². The second kappa shape index (κ2) is 4.92. The van der Waals surface area contributed by atoms with Crippen LogP contribution >= 0.6 is 0 Å². The number of anilines is 1. The first-order chi connectivity index (χ1) is 9.54. The first kappa shape index (κ1) is 13.1. The number of rotatable bonds is 4. The second-order valence-corrected chi connectivity index (χ2v) is 5.95. The first-order valence-electron chi connectivity index (χ1n) is 7.14. The van der Waals surface area contributed by atoms with Gasteiger partial charge in [-0.15, -0.1) is 0 Å². The summed E-state index contributed by atoms with van der Waals surface area (Å²) in [7, 11) is 0. The first-order valence-corrected chi connectivity index (χ1v) is 7.14. The van der Waals surface area contributed by atoms with Crippen molar-refractivity contribution < 1.29 is 9.59 Å². The number of nitrogens with one attached hydrogen (secondary N) is 2. The number of hydrogen-bond donors (Lipinski definition) is 2. The van der Waals surface area contributed by atoms with E-state index in [-0.39, 0.29) is 17.7 Å². The predicted molar refractivity (Wildman–Crippen MR) is 74.1 cm³/mol. The highest BCUT2D eigenvalue weighted by atomic mass is 16.2. The monoisotopic (exact) mass is 276 g/mol. The fourth-order valence-electron chi connectivity index (χ4n) is 2.56. The molecular formula is C14H20N4O2. The molecule has 2 amide bonds. The molecule has 0 aromatic carbocycles. The molecule has 20 heavy (non-hydrogen) atoms. The Morgan fingerprint density at radius 1 is 1.45 bits per heavy atom. The van der Waals surface area contributed by atoms with Crippen molar-refractivity contribution in [2.45, 2.75) is 33.1 Å². The number of H-pyrrole nitrogens is 1. The van der Waals surface area contributed by atoms with Crippen LogP contribution in [0.15, 0.2) is 0 Å². The molecule has 1 unspecified atom stereocenters. The predicted octanol–water partition coefficient (Wildman–Crippen LogP) is 1.22. The van der Waals surface area contributed by atoms with Gasteiger partial charge in [0.15, 0.2) is 5.82 Å². The van der Waals surface area contributed by atoms with Crippen molar-refractivity contribution in [3.8, 4) is 0 Å². The minimum atomic E-state index is -0.252. The van der Waals surface area contributed by atoms with Gasteiger partial charge in [0.1, 0.15) is 0 Å². The largest absolute Gasteiger partial charge is 0.342 e. The molecule has 1 aliphatic carbocycles. The molecule has 2 heterocycles. The molecule has 2 fully saturated rings. The van der Waals surface area contributed by atoms with Gasteiger partial charge < -0.3 is 10.2 Å². The molecule has 108 valence electrons. The maximum absolute atomic E-state index is 12.2. The topological polar surface area (TPSA) is 78.1 Å². The number of carbonyl (C=O) groups is 2. The number of carbonyl (C=O) groups excluding carboxylic acids is 2. The van der Waals surface area contributed by atoms with E-state index in [1.165, 1.54) is 12.8 Å². The Morgan fingerprint density at radius 3 is 2.80 bits per heavy atom. The molecule has 1 aromatic rings. The van der Waals surface area contributed by atoms with E-state index in [1.807, 2.05) is 18.7 Å². The van der Waals surface area contributed by atoms with Gasteiger partial charge in [0.25, 0.3) is 0 Å². The second-order valence-electron chi connectivity index (χ2n) is 5.95. The molecule has 1 saturated heterocycles. The number of likely N-dealkylation sites (tertiary alicyclic amines) is 1. The van der Waals surface area contributed by atoms with Crippen LogP contribution in [0.25, 0.3) is 0 Å². The van der Waals surface area contributed by atoms with Crippen molar-refractivity contribution >= 4 is 17.6 Å². The molecule has 1 aromatic heterocycles. The fourth-order valence-corrected chi connectivity index (χ4v) is 2.56. The van der Waals surface area contributed by atoms with Gasteiger partial charge >= 0.3 is 0 Å². The number of amides is 2. The van der Waals surface area contributed by atoms with Crippen LogP contribution in [0.5, 0.6) is 0 Å². The molecule has 1 saturated carbocycles. The van der Waals surface area contributed by atoms with Crippen molar-refractivity contribution in [3.63, 3.8) is 0 Å². The third kappa shape index (κ3) is 2.55. The van der Waals surface area contributed by atoms with Crippen LogP contribution in [-0.2, 0) is 9.59 Å². The van der Waals surface area contributed by atoms with E-state index in [0.717, 1.165) is 17.8 Å². The quantitative estimate of drug-likeness (QED) is 0.868. The Hall–Kier alpha value is -1.85. The molecule has 1 atom stereocenters. The number of nitrogens with zero attached hydrogens (tertiary/aromatic N) is 2. The highest BCUT2D eigenvalue weighted by Gasteiger charge is 2.37. The van der Waals surface area contributed by atoms with E-state index >= 15 is 0 Å². The summed E-state index contributed by atoms with van der Waals surface area (Å²) in [6.45, 7) is 5.19. The number of hydrogen-bond acceptors (Lipinski definition) is 3. The van der Waals surface area contributed by atoms with Gasteiger partial charge in [-0.05, 0) is 32.6 Å². The molecule has 1 aliphatic heterocycles. The Bertz CT molecular complexity index is 547. The van der Waals surface area contributed by atoms with E-state index in [2.05, 4.69) is 15.5 Å². The molecule has 0 bridgehead atoms. The van der Waals surface area contributed by atoms with Gasteiger partial charge in [-0.2, -0.15) is 5.10 Å². The highest BCUT2D eigenvalue weighted by molar-refractivity contribution is 5.97. The van der Waals surface area contributed by atoms with Gasteiger partial charge in [-0.25, -0.2) is 0 Å². The van der Waals surface area contributed by atoms with Crippen LogP contribution in [0.4, 0.5) is 5.82 Å². The Kier molecular flexibility index (Phi) is 3.23. The third-order valence-electron chi connectivity index (χ3n) is 4.26. The SMILES string of the molecule is Cc1[nH]nc(NC(=O)C2CC(=O)N(CC3CC3)C2)c1C. The summed E-state index contributed by atoms with van der Waals surface area (Å²) in [6.07, 6.45) is 2.75. The lowest BCUT2D eigenvalue weighted by Gasteiger charge is -2.15. The molecular weight excluding hydrogens is 256 g/mol. The van der Waals surface area contributed by atoms with Crippen molar-refractivity contribution in [1.82, 2.24) is 15.1 Å². The van der Waals surface area contributed by atoms with E-state index in [0.29, 0.717) is 24.7 Å². The van der Waals surface area contributed by atoms with Gasteiger partial charge in [-0.1, -0.05) is 0 Å². The standard InChI is InChI=1S/C14H20N4O2/c1-8-9(2)16-17-13(8)15-14(20)11-5-12(19)18(7-11)6-10-3-4-10/h10-11H,3-7H2,1-2H3,(H2,15,16,17,20). The molecule has 3 rings (SSSR count). The van der Waals surface area contributed by atoms with Crippen LogP contribution in [0.1, 0.15) is 30.5 Å². The molecule has 6 nitrogen and oxygen atoms in total. The van der Waals surface area contributed by atoms with Crippen molar-refractivity contribution in [2.75, 3.05) is 18.4 Å². The minimum absolute atomic E-state index is 0.104. The lowest BCUT2D eigenvalue weighted by atomic mass is 10.1. The average molecular weight is 276 g/mol. The molecule has 2 N–H and O–H groups in total. The van der Waals surface area contributed by atoms with Gasteiger partial charge in [0.05, 0.1) is 5.92 Å². The van der Waals surface area contributed by atoms with Gasteiger partial charge in [-0.3, -0.25) is 14.7 Å². The number of aryl methyl sites for hydroxylation is 1. The summed E-state index contributed by atoms with van der Waals surface area (Å²) in [5.74, 6) is 0.980. The molecule has 0 radical (unpaired) electrons. The zero-order chi connectivity index (χ0) is 14.3. The zero-order valence-electron chi connectivity index (χ0n) is 11.9. The maximum Gasteiger partial charge on any atom is 0.231 e. The maximum atomic E-state index is 12.2. The third-order valence-corrected chi connectivity index (χ3v) is 4.26. The molecule has 2 aliphatic rings. The summed E-state index contributed by atoms with van der Waals surface area (Å²) >= 11 is 0. The smallest absolute Gasteiger partial charge is 0.231 e. The Morgan fingerprint density at radius 2 is 2.20 bits per heavy atom. The van der Waals surface area contributed by atoms with Crippen LogP contribution in [0.3, 0.4) is 0 Å². The molecule has 6 heteroatoms. The summed E-state index contributed by atoms with van der Waals surface area (Å²) in [4.78, 5) is 26.0. The van der Waals surface area contributed by atoms with E-state index in [1.54, 1.807) is 0 Å². The van der Waals surface area contributed by atoms with Crippen LogP contribution in [-0.4, -0.2) is 40.0 Å². The molecule has 0 spiro atoms. The Labute approximate surface area is 117 Å². The van der Waals surface area contributed by atoms with Gasteiger partial charge in [0.2, 0.25) is 11.8 Å². The van der Waals surface area contributed by atoms with Crippen LogP contribution in [0, 0.1) is 25.7 Å². The average Bonchev–Trinajstić information content (AvgIpc) is 3.09. The number of aromatic nitrogens is 2. The summed E-state index contributed by atoms with van der Waals surface area (Å²) < 4.78 is 0. The minimum Gasteiger partial charge on any atom is -0.342 e. The van der Waals surface area contributed by atoms with E-state index in [9.17, 15) is 9.59 Å².